The highest BCUT2D eigenvalue weighted by molar-refractivity contribution is 7.13. The van der Waals surface area contributed by atoms with E-state index in [4.69, 9.17) is 11.6 Å². The van der Waals surface area contributed by atoms with Gasteiger partial charge in [-0.05, 0) is 12.5 Å². The second-order valence-electron chi connectivity index (χ2n) is 8.24. The van der Waals surface area contributed by atoms with Crippen molar-refractivity contribution in [2.75, 3.05) is 23.3 Å². The number of alkyl halides is 3. The van der Waals surface area contributed by atoms with Gasteiger partial charge in [0.05, 0.1) is 27.9 Å². The van der Waals surface area contributed by atoms with E-state index in [0.717, 1.165) is 17.5 Å². The molecule has 0 unspecified atom stereocenters. The van der Waals surface area contributed by atoms with Crippen molar-refractivity contribution in [3.8, 4) is 0 Å². The molecule has 4 heterocycles. The van der Waals surface area contributed by atoms with Crippen LogP contribution in [0.1, 0.15) is 56.4 Å². The van der Waals surface area contributed by atoms with Crippen LogP contribution in [0.2, 0.25) is 5.02 Å². The maximum Gasteiger partial charge on any atom is 0.418 e. The first-order valence-corrected chi connectivity index (χ1v) is 12.0. The number of aliphatic hydroxyl groups is 1. The van der Waals surface area contributed by atoms with Gasteiger partial charge in [0.1, 0.15) is 28.5 Å². The number of carbonyl (C=O) groups excluding carboxylic acids is 2. The number of Topliss-reactive ketones (excluding diaryl/α,β-unsaturated/α-hetero) is 1. The summed E-state index contributed by atoms with van der Waals surface area (Å²) in [5.41, 5.74) is -0.877. The molecule has 0 spiro atoms. The van der Waals surface area contributed by atoms with Crippen molar-refractivity contribution >= 4 is 46.3 Å². The number of nitrogens with zero attached hydrogens (tertiary/aromatic N) is 5. The number of thiazole rings is 1. The number of aromatic nitrogens is 4. The summed E-state index contributed by atoms with van der Waals surface area (Å²) in [5.74, 6) is -1.01. The average molecular weight is 541 g/mol. The van der Waals surface area contributed by atoms with Gasteiger partial charge in [0.25, 0.3) is 5.91 Å². The van der Waals surface area contributed by atoms with Crippen molar-refractivity contribution in [2.45, 2.75) is 38.0 Å². The molecule has 3 aromatic rings. The van der Waals surface area contributed by atoms with Crippen LogP contribution in [0, 0.1) is 0 Å². The summed E-state index contributed by atoms with van der Waals surface area (Å²) in [4.78, 5) is 43.5. The Kier molecular flexibility index (Phi) is 7.52. The number of pyridine rings is 1. The van der Waals surface area contributed by atoms with Gasteiger partial charge in [-0.2, -0.15) is 13.2 Å². The Balaban J connectivity index is 1.40. The number of β-amino-alcohol motifs (C(OH)–C–C–N with tert-alkyl or cyclic N) is 1. The Morgan fingerprint density at radius 2 is 2.03 bits per heavy atom. The van der Waals surface area contributed by atoms with Gasteiger partial charge < -0.3 is 15.3 Å². The minimum Gasteiger partial charge on any atom is -0.391 e. The molecule has 9 nitrogen and oxygen atoms in total. The molecule has 14 heteroatoms. The molecule has 1 fully saturated rings. The summed E-state index contributed by atoms with van der Waals surface area (Å²) >= 11 is 6.58. The summed E-state index contributed by atoms with van der Waals surface area (Å²) in [6.07, 6.45) is -1.02. The van der Waals surface area contributed by atoms with Gasteiger partial charge in [-0.3, -0.25) is 9.59 Å². The molecule has 0 radical (unpaired) electrons. The molecule has 4 rings (SSSR count). The van der Waals surface area contributed by atoms with Gasteiger partial charge in [-0.15, -0.1) is 11.3 Å². The van der Waals surface area contributed by atoms with E-state index in [2.05, 4.69) is 25.3 Å². The SMILES string of the molecule is C[C@@H](CC(=O)c1cc(N2CC[C@H](O)C2)ncn1)c1ncc(C(=O)Nc2cc(C(F)(F)F)c(Cl)cn2)s1. The molecule has 0 bridgehead atoms. The summed E-state index contributed by atoms with van der Waals surface area (Å²) in [5, 5.41) is 12.0. The minimum atomic E-state index is -4.70. The second kappa shape index (κ2) is 10.4. The van der Waals surface area contributed by atoms with Crippen LogP contribution in [0.15, 0.2) is 30.9 Å². The zero-order chi connectivity index (χ0) is 26.0. The first-order chi connectivity index (χ1) is 17.0. The van der Waals surface area contributed by atoms with Crippen LogP contribution in [0.5, 0.6) is 0 Å². The molecule has 0 aromatic carbocycles. The maximum atomic E-state index is 13.0. The number of carbonyl (C=O) groups is 2. The standard InChI is InChI=1S/C22H20ClF3N6O3S/c1-11(4-16(34)15-6-19(30-10-29-15)32-3-2-12(33)9-32)21-28-8-17(36-21)20(35)31-18-5-13(22(24,25)26)14(23)7-27-18/h5-8,10-12,33H,2-4,9H2,1H3,(H,27,31,35)/t11-,12-/m0/s1. The van der Waals surface area contributed by atoms with Crippen LogP contribution in [0.4, 0.5) is 24.8 Å². The molecular formula is C22H20ClF3N6O3S. The third-order valence-corrected chi connectivity index (χ3v) is 7.02. The molecule has 36 heavy (non-hydrogen) atoms. The van der Waals surface area contributed by atoms with E-state index in [1.807, 2.05) is 4.90 Å². The van der Waals surface area contributed by atoms with E-state index in [1.165, 1.54) is 12.5 Å². The monoisotopic (exact) mass is 540 g/mol. The van der Waals surface area contributed by atoms with Crippen LogP contribution in [0.3, 0.4) is 0 Å². The van der Waals surface area contributed by atoms with Crippen molar-refractivity contribution < 1.29 is 27.9 Å². The van der Waals surface area contributed by atoms with Crippen molar-refractivity contribution in [1.82, 2.24) is 19.9 Å². The Hall–Kier alpha value is -3.16. The summed E-state index contributed by atoms with van der Waals surface area (Å²) in [6, 6.07) is 2.24. The van der Waals surface area contributed by atoms with E-state index in [-0.39, 0.29) is 34.5 Å². The lowest BCUT2D eigenvalue weighted by molar-refractivity contribution is -0.137. The second-order valence-corrected chi connectivity index (χ2v) is 9.71. The van der Waals surface area contributed by atoms with E-state index in [9.17, 15) is 27.9 Å². The Morgan fingerprint density at radius 3 is 2.72 bits per heavy atom. The van der Waals surface area contributed by atoms with Gasteiger partial charge >= 0.3 is 6.18 Å². The molecule has 1 aliphatic heterocycles. The first-order valence-electron chi connectivity index (χ1n) is 10.8. The summed E-state index contributed by atoms with van der Waals surface area (Å²) in [7, 11) is 0. The van der Waals surface area contributed by atoms with Gasteiger partial charge in [0, 0.05) is 37.7 Å². The predicted molar refractivity (Wildman–Crippen MR) is 127 cm³/mol. The number of hydrogen-bond acceptors (Lipinski definition) is 9. The number of ketones is 1. The molecular weight excluding hydrogens is 521 g/mol. The Morgan fingerprint density at radius 1 is 1.25 bits per heavy atom. The Labute approximate surface area is 212 Å². The van der Waals surface area contributed by atoms with Gasteiger partial charge in [-0.25, -0.2) is 19.9 Å². The minimum absolute atomic E-state index is 0.0708. The molecule has 1 aliphatic rings. The lowest BCUT2D eigenvalue weighted by Gasteiger charge is -2.16. The highest BCUT2D eigenvalue weighted by Gasteiger charge is 2.34. The lowest BCUT2D eigenvalue weighted by Crippen LogP contribution is -2.22. The Bertz CT molecular complexity index is 1290. The molecule has 2 N–H and O–H groups in total. The topological polar surface area (TPSA) is 121 Å². The summed E-state index contributed by atoms with van der Waals surface area (Å²) in [6.45, 7) is 2.84. The fourth-order valence-corrected chi connectivity index (χ4v) is 4.69. The number of hydrogen-bond donors (Lipinski definition) is 2. The van der Waals surface area contributed by atoms with E-state index in [1.54, 1.807) is 13.0 Å². The molecule has 190 valence electrons. The number of rotatable bonds is 7. The highest BCUT2D eigenvalue weighted by Crippen LogP contribution is 2.35. The molecule has 0 saturated carbocycles. The van der Waals surface area contributed by atoms with Gasteiger partial charge in [0.15, 0.2) is 5.78 Å². The first kappa shape index (κ1) is 25.9. The van der Waals surface area contributed by atoms with Crippen molar-refractivity contribution in [1.29, 1.82) is 0 Å². The average Bonchev–Trinajstić information content (AvgIpc) is 3.49. The largest absolute Gasteiger partial charge is 0.418 e. The van der Waals surface area contributed by atoms with E-state index >= 15 is 0 Å². The number of nitrogens with one attached hydrogen (secondary N) is 1. The molecule has 3 aromatic heterocycles. The van der Waals surface area contributed by atoms with Crippen molar-refractivity contribution in [3.63, 3.8) is 0 Å². The zero-order valence-corrected chi connectivity index (χ0v) is 20.4. The predicted octanol–water partition coefficient (Wildman–Crippen LogP) is 4.20. The number of aliphatic hydroxyl groups excluding tert-OH is 1. The lowest BCUT2D eigenvalue weighted by atomic mass is 10.0. The van der Waals surface area contributed by atoms with Gasteiger partial charge in [0.2, 0.25) is 0 Å². The number of amides is 1. The zero-order valence-electron chi connectivity index (χ0n) is 18.8. The maximum absolute atomic E-state index is 13.0. The normalized spacial score (nSPS) is 16.7. The fraction of sp³-hybridized carbons (Fsp3) is 0.364. The van der Waals surface area contributed by atoms with Crippen LogP contribution >= 0.6 is 22.9 Å². The van der Waals surface area contributed by atoms with Crippen LogP contribution in [-0.4, -0.2) is 55.9 Å². The molecule has 1 saturated heterocycles. The number of anilines is 2. The molecule has 1 amide bonds. The van der Waals surface area contributed by atoms with Crippen molar-refractivity contribution in [3.05, 3.63) is 57.0 Å². The highest BCUT2D eigenvalue weighted by atomic mass is 35.5. The van der Waals surface area contributed by atoms with Gasteiger partial charge in [-0.1, -0.05) is 18.5 Å². The number of halogens is 4. The molecule has 0 aliphatic carbocycles. The third kappa shape index (κ3) is 5.97. The third-order valence-electron chi connectivity index (χ3n) is 5.49. The van der Waals surface area contributed by atoms with E-state index in [0.29, 0.717) is 36.4 Å². The quantitative estimate of drug-likeness (QED) is 0.428. The van der Waals surface area contributed by atoms with Crippen LogP contribution in [-0.2, 0) is 6.18 Å². The fourth-order valence-electron chi connectivity index (χ4n) is 3.61. The van der Waals surface area contributed by atoms with E-state index < -0.39 is 28.8 Å². The smallest absolute Gasteiger partial charge is 0.391 e. The summed E-state index contributed by atoms with van der Waals surface area (Å²) < 4.78 is 39.1. The van der Waals surface area contributed by atoms with Crippen LogP contribution < -0.4 is 10.2 Å². The van der Waals surface area contributed by atoms with Crippen LogP contribution in [0.25, 0.3) is 0 Å². The molecule has 2 atom stereocenters. The van der Waals surface area contributed by atoms with Crippen molar-refractivity contribution in [2.24, 2.45) is 0 Å².